The van der Waals surface area contributed by atoms with E-state index in [1.807, 2.05) is 19.1 Å². The summed E-state index contributed by atoms with van der Waals surface area (Å²) in [4.78, 5) is 10.8. The third-order valence-corrected chi connectivity index (χ3v) is 3.55. The summed E-state index contributed by atoms with van der Waals surface area (Å²) in [5, 5.41) is 8.90. The highest BCUT2D eigenvalue weighted by atomic mass is 19.1. The molecule has 19 heavy (non-hydrogen) atoms. The molecule has 1 aromatic carbocycles. The van der Waals surface area contributed by atoms with Gasteiger partial charge in [-0.25, -0.2) is 4.39 Å². The summed E-state index contributed by atoms with van der Waals surface area (Å²) in [6, 6.07) is 8.14. The van der Waals surface area contributed by atoms with E-state index in [0.717, 1.165) is 11.1 Å². The van der Waals surface area contributed by atoms with Gasteiger partial charge in [-0.3, -0.25) is 4.79 Å². The van der Waals surface area contributed by atoms with Crippen molar-refractivity contribution in [2.75, 3.05) is 0 Å². The van der Waals surface area contributed by atoms with Crippen LogP contribution in [0.25, 0.3) is 11.3 Å². The molecule has 1 heterocycles. The van der Waals surface area contributed by atoms with Gasteiger partial charge in [-0.2, -0.15) is 0 Å². The van der Waals surface area contributed by atoms with E-state index in [-0.39, 0.29) is 17.7 Å². The maximum atomic E-state index is 13.1. The van der Waals surface area contributed by atoms with E-state index in [1.54, 1.807) is 6.07 Å². The Morgan fingerprint density at radius 3 is 2.79 bits per heavy atom. The molecule has 3 rings (SSSR count). The highest BCUT2D eigenvalue weighted by Gasteiger charge is 2.46. The molecule has 2 atom stereocenters. The van der Waals surface area contributed by atoms with Gasteiger partial charge in [-0.1, -0.05) is 0 Å². The number of aryl methyl sites for hydroxylation is 1. The van der Waals surface area contributed by atoms with Gasteiger partial charge in [-0.15, -0.1) is 0 Å². The van der Waals surface area contributed by atoms with Gasteiger partial charge < -0.3 is 9.52 Å². The first kappa shape index (κ1) is 12.0. The first-order valence-corrected chi connectivity index (χ1v) is 6.15. The Labute approximate surface area is 109 Å². The van der Waals surface area contributed by atoms with Crippen LogP contribution in [0.2, 0.25) is 0 Å². The zero-order valence-electron chi connectivity index (χ0n) is 10.4. The molecule has 0 amide bonds. The standard InChI is InChI=1S/C15H13FO3/c1-8-6-9(16)2-3-10(8)13-4-5-14(19-13)11-7-12(11)15(17)18/h2-6,11-12H,7H2,1H3,(H,17,18)/t11-,12-/m1/s1. The zero-order valence-corrected chi connectivity index (χ0v) is 10.4. The number of aliphatic carboxylic acids is 1. The van der Waals surface area contributed by atoms with Crippen molar-refractivity contribution >= 4 is 5.97 Å². The number of hydrogen-bond acceptors (Lipinski definition) is 2. The largest absolute Gasteiger partial charge is 0.481 e. The molecule has 0 aliphatic heterocycles. The summed E-state index contributed by atoms with van der Waals surface area (Å²) >= 11 is 0. The molecule has 1 N–H and O–H groups in total. The summed E-state index contributed by atoms with van der Waals surface area (Å²) < 4.78 is 18.8. The molecule has 1 fully saturated rings. The van der Waals surface area contributed by atoms with Gasteiger partial charge in [-0.05, 0) is 49.2 Å². The summed E-state index contributed by atoms with van der Waals surface area (Å²) in [5.41, 5.74) is 1.63. The molecule has 1 aromatic heterocycles. The molecule has 1 saturated carbocycles. The lowest BCUT2D eigenvalue weighted by Crippen LogP contribution is -1.98. The van der Waals surface area contributed by atoms with Crippen LogP contribution in [0.1, 0.15) is 23.7 Å². The second-order valence-corrected chi connectivity index (χ2v) is 4.95. The first-order chi connectivity index (χ1) is 9.06. The van der Waals surface area contributed by atoms with E-state index in [9.17, 15) is 9.18 Å². The number of carbonyl (C=O) groups is 1. The van der Waals surface area contributed by atoms with Crippen LogP contribution in [0.3, 0.4) is 0 Å². The van der Waals surface area contributed by atoms with Gasteiger partial charge in [0.05, 0.1) is 5.92 Å². The fourth-order valence-corrected chi connectivity index (χ4v) is 2.38. The van der Waals surface area contributed by atoms with E-state index in [4.69, 9.17) is 9.52 Å². The van der Waals surface area contributed by atoms with Crippen LogP contribution in [0, 0.1) is 18.7 Å². The SMILES string of the molecule is Cc1cc(F)ccc1-c1ccc([C@@H]2C[C@H]2C(=O)O)o1. The van der Waals surface area contributed by atoms with Crippen LogP contribution < -0.4 is 0 Å². The Hall–Kier alpha value is -2.10. The Morgan fingerprint density at radius 2 is 2.16 bits per heavy atom. The highest BCUT2D eigenvalue weighted by molar-refractivity contribution is 5.75. The Balaban J connectivity index is 1.88. The summed E-state index contributed by atoms with van der Waals surface area (Å²) in [5.74, 6) is -0.0444. The van der Waals surface area contributed by atoms with E-state index in [1.165, 1.54) is 12.1 Å². The van der Waals surface area contributed by atoms with Gasteiger partial charge in [0.15, 0.2) is 0 Å². The third kappa shape index (κ3) is 2.14. The molecule has 0 radical (unpaired) electrons. The molecule has 4 heteroatoms. The number of rotatable bonds is 3. The molecule has 0 unspecified atom stereocenters. The topological polar surface area (TPSA) is 50.4 Å². The van der Waals surface area contributed by atoms with Crippen LogP contribution in [0.4, 0.5) is 4.39 Å². The highest BCUT2D eigenvalue weighted by Crippen LogP contribution is 2.48. The van der Waals surface area contributed by atoms with E-state index in [2.05, 4.69) is 0 Å². The molecule has 2 aromatic rings. The minimum atomic E-state index is -0.777. The molecule has 0 bridgehead atoms. The van der Waals surface area contributed by atoms with Crippen molar-refractivity contribution in [3.63, 3.8) is 0 Å². The zero-order chi connectivity index (χ0) is 13.6. The van der Waals surface area contributed by atoms with Gasteiger partial charge in [0.1, 0.15) is 17.3 Å². The quantitative estimate of drug-likeness (QED) is 0.917. The van der Waals surface area contributed by atoms with Crippen LogP contribution in [0.5, 0.6) is 0 Å². The average molecular weight is 260 g/mol. The second kappa shape index (κ2) is 4.23. The molecule has 98 valence electrons. The molecule has 1 aliphatic rings. The Bertz CT molecular complexity index is 645. The van der Waals surface area contributed by atoms with E-state index < -0.39 is 5.97 Å². The fraction of sp³-hybridized carbons (Fsp3) is 0.267. The Morgan fingerprint density at radius 1 is 1.37 bits per heavy atom. The van der Waals surface area contributed by atoms with Crippen molar-refractivity contribution in [3.8, 4) is 11.3 Å². The van der Waals surface area contributed by atoms with Crippen LogP contribution in [0.15, 0.2) is 34.7 Å². The molecule has 1 aliphatic carbocycles. The maximum absolute atomic E-state index is 13.1. The van der Waals surface area contributed by atoms with Crippen molar-refractivity contribution in [1.82, 2.24) is 0 Å². The minimum absolute atomic E-state index is 0.0213. The van der Waals surface area contributed by atoms with Crippen molar-refractivity contribution in [3.05, 3.63) is 47.5 Å². The summed E-state index contributed by atoms with van der Waals surface area (Å²) in [6.45, 7) is 1.82. The van der Waals surface area contributed by atoms with Gasteiger partial charge in [0.25, 0.3) is 0 Å². The lowest BCUT2D eigenvalue weighted by molar-refractivity contribution is -0.138. The minimum Gasteiger partial charge on any atom is -0.481 e. The monoisotopic (exact) mass is 260 g/mol. The lowest BCUT2D eigenvalue weighted by atomic mass is 10.1. The fourth-order valence-electron chi connectivity index (χ4n) is 2.38. The van der Waals surface area contributed by atoms with Crippen LogP contribution >= 0.6 is 0 Å². The first-order valence-electron chi connectivity index (χ1n) is 6.15. The average Bonchev–Trinajstić information content (AvgIpc) is 3.01. The van der Waals surface area contributed by atoms with E-state index in [0.29, 0.717) is 17.9 Å². The predicted octanol–water partition coefficient (Wildman–Crippen LogP) is 3.58. The van der Waals surface area contributed by atoms with Crippen molar-refractivity contribution < 1.29 is 18.7 Å². The molecule has 0 spiro atoms. The number of carboxylic acids is 1. The summed E-state index contributed by atoms with van der Waals surface area (Å²) in [6.07, 6.45) is 0.630. The Kier molecular flexibility index (Phi) is 2.66. The van der Waals surface area contributed by atoms with Crippen molar-refractivity contribution in [2.45, 2.75) is 19.3 Å². The van der Waals surface area contributed by atoms with Gasteiger partial charge >= 0.3 is 5.97 Å². The third-order valence-electron chi connectivity index (χ3n) is 3.55. The van der Waals surface area contributed by atoms with Gasteiger partial charge in [0, 0.05) is 11.5 Å². The number of carboxylic acid groups (broad SMARTS) is 1. The molecule has 3 nitrogen and oxygen atoms in total. The maximum Gasteiger partial charge on any atom is 0.307 e. The normalized spacial score (nSPS) is 21.4. The second-order valence-electron chi connectivity index (χ2n) is 4.95. The lowest BCUT2D eigenvalue weighted by Gasteiger charge is -2.02. The molecular formula is C15H13FO3. The summed E-state index contributed by atoms with van der Waals surface area (Å²) in [7, 11) is 0. The number of hydrogen-bond donors (Lipinski definition) is 1. The number of benzene rings is 1. The number of halogens is 1. The van der Waals surface area contributed by atoms with Crippen molar-refractivity contribution in [1.29, 1.82) is 0 Å². The van der Waals surface area contributed by atoms with Gasteiger partial charge in [0.2, 0.25) is 0 Å². The molecule has 0 saturated heterocycles. The van der Waals surface area contributed by atoms with E-state index >= 15 is 0 Å². The van der Waals surface area contributed by atoms with Crippen LogP contribution in [-0.4, -0.2) is 11.1 Å². The predicted molar refractivity (Wildman–Crippen MR) is 67.3 cm³/mol. The van der Waals surface area contributed by atoms with Crippen molar-refractivity contribution in [2.24, 2.45) is 5.92 Å². The smallest absolute Gasteiger partial charge is 0.307 e. The molecular weight excluding hydrogens is 247 g/mol. The van der Waals surface area contributed by atoms with Crippen LogP contribution in [-0.2, 0) is 4.79 Å². The number of furan rings is 1.